The fourth-order valence-electron chi connectivity index (χ4n) is 2.71. The molecule has 0 bridgehead atoms. The van der Waals surface area contributed by atoms with E-state index < -0.39 is 11.9 Å². The summed E-state index contributed by atoms with van der Waals surface area (Å²) in [6, 6.07) is 9.14. The summed E-state index contributed by atoms with van der Waals surface area (Å²) in [4.78, 5) is 16.6. The number of fused-ring (bicyclic) bond motifs is 1. The first-order valence-corrected chi connectivity index (χ1v) is 9.11. The van der Waals surface area contributed by atoms with Crippen molar-refractivity contribution in [2.75, 3.05) is 6.54 Å². The third-order valence-corrected chi connectivity index (χ3v) is 5.36. The van der Waals surface area contributed by atoms with Gasteiger partial charge in [0.1, 0.15) is 16.3 Å². The van der Waals surface area contributed by atoms with E-state index >= 15 is 0 Å². The summed E-state index contributed by atoms with van der Waals surface area (Å²) in [5.41, 5.74) is 0.716. The van der Waals surface area contributed by atoms with Gasteiger partial charge < -0.3 is 10.4 Å². The van der Waals surface area contributed by atoms with Crippen LogP contribution in [0.15, 0.2) is 36.4 Å². The zero-order valence-electron chi connectivity index (χ0n) is 14.4. The highest BCUT2D eigenvalue weighted by atomic mass is 32.1. The van der Waals surface area contributed by atoms with Gasteiger partial charge in [-0.05, 0) is 55.2 Å². The van der Waals surface area contributed by atoms with Crippen LogP contribution in [0.4, 0.5) is 13.2 Å². The van der Waals surface area contributed by atoms with E-state index in [0.717, 1.165) is 29.4 Å². The van der Waals surface area contributed by atoms with Gasteiger partial charge in [0.2, 0.25) is 0 Å². The number of thiophene rings is 1. The second kappa shape index (κ2) is 7.56. The Bertz CT molecular complexity index is 965. The number of hydrogen-bond donors (Lipinski definition) is 2. The number of phenolic OH excluding ortho intramolecular Hbond substituents is 1. The van der Waals surface area contributed by atoms with Crippen LogP contribution in [0.5, 0.6) is 5.75 Å². The topological polar surface area (TPSA) is 62.2 Å². The van der Waals surface area contributed by atoms with E-state index in [1.165, 1.54) is 6.07 Å². The highest BCUT2D eigenvalue weighted by molar-refractivity contribution is 7.20. The van der Waals surface area contributed by atoms with Crippen LogP contribution >= 0.6 is 11.3 Å². The predicted octanol–water partition coefficient (Wildman–Crippen LogP) is 4.69. The number of carbonyl (C=O) groups excluding carboxylic acids is 1. The van der Waals surface area contributed by atoms with Gasteiger partial charge >= 0.3 is 6.18 Å². The van der Waals surface area contributed by atoms with Crippen molar-refractivity contribution in [3.63, 3.8) is 0 Å². The zero-order chi connectivity index (χ0) is 19.6. The molecule has 0 aliphatic carbocycles. The number of hydrogen-bond acceptors (Lipinski definition) is 4. The first-order chi connectivity index (χ1) is 12.8. The Morgan fingerprint density at radius 3 is 2.56 bits per heavy atom. The van der Waals surface area contributed by atoms with Gasteiger partial charge in [-0.25, -0.2) is 4.98 Å². The third-order valence-electron chi connectivity index (χ3n) is 4.16. The molecule has 0 spiro atoms. The molecule has 4 nitrogen and oxygen atoms in total. The number of halogens is 3. The van der Waals surface area contributed by atoms with Gasteiger partial charge in [0.05, 0.1) is 4.88 Å². The standard InChI is InChI=1S/C19H17F3N2O2S/c1-11-14-8-9-15(19(20,21)22)24-18(14)27-16(11)17(26)23-10-2-3-12-4-6-13(25)7-5-12/h4-9,25H,2-3,10H2,1H3,(H,23,26). The molecule has 0 unspecified atom stereocenters. The van der Waals surface area contributed by atoms with E-state index in [2.05, 4.69) is 10.3 Å². The minimum Gasteiger partial charge on any atom is -0.508 e. The lowest BCUT2D eigenvalue weighted by molar-refractivity contribution is -0.140. The molecule has 1 amide bonds. The molecular formula is C19H17F3N2O2S. The Kier molecular flexibility index (Phi) is 5.36. The van der Waals surface area contributed by atoms with Gasteiger partial charge in [0, 0.05) is 11.9 Å². The fourth-order valence-corrected chi connectivity index (χ4v) is 3.81. The summed E-state index contributed by atoms with van der Waals surface area (Å²) < 4.78 is 38.4. The zero-order valence-corrected chi connectivity index (χ0v) is 15.2. The molecule has 3 rings (SSSR count). The molecule has 0 saturated heterocycles. The van der Waals surface area contributed by atoms with E-state index in [1.807, 2.05) is 12.1 Å². The molecule has 0 radical (unpaired) electrons. The molecule has 2 N–H and O–H groups in total. The van der Waals surface area contributed by atoms with E-state index in [1.54, 1.807) is 19.1 Å². The number of pyridine rings is 1. The van der Waals surface area contributed by atoms with Crippen LogP contribution in [0.2, 0.25) is 0 Å². The number of carbonyl (C=O) groups is 1. The van der Waals surface area contributed by atoms with Crippen molar-refractivity contribution < 1.29 is 23.1 Å². The molecule has 2 heterocycles. The maximum Gasteiger partial charge on any atom is 0.433 e. The van der Waals surface area contributed by atoms with E-state index in [0.29, 0.717) is 28.8 Å². The lowest BCUT2D eigenvalue weighted by atomic mass is 10.1. The fraction of sp³-hybridized carbons (Fsp3) is 0.263. The van der Waals surface area contributed by atoms with Crippen LogP contribution in [0, 0.1) is 6.92 Å². The third kappa shape index (κ3) is 4.39. The lowest BCUT2D eigenvalue weighted by Crippen LogP contribution is -2.24. The van der Waals surface area contributed by atoms with Crippen LogP contribution in [0.3, 0.4) is 0 Å². The highest BCUT2D eigenvalue weighted by Crippen LogP contribution is 2.34. The minimum absolute atomic E-state index is 0.203. The van der Waals surface area contributed by atoms with Crippen molar-refractivity contribution in [3.8, 4) is 5.75 Å². The van der Waals surface area contributed by atoms with Crippen molar-refractivity contribution in [2.24, 2.45) is 0 Å². The molecule has 0 atom stereocenters. The molecule has 0 aliphatic heterocycles. The summed E-state index contributed by atoms with van der Waals surface area (Å²) in [5, 5.41) is 12.6. The maximum atomic E-state index is 12.8. The van der Waals surface area contributed by atoms with Gasteiger partial charge in [-0.1, -0.05) is 12.1 Å². The van der Waals surface area contributed by atoms with E-state index in [9.17, 15) is 23.1 Å². The summed E-state index contributed by atoms with van der Waals surface area (Å²) >= 11 is 0.967. The number of rotatable bonds is 5. The number of benzene rings is 1. The van der Waals surface area contributed by atoms with Crippen molar-refractivity contribution >= 4 is 27.5 Å². The molecule has 2 aromatic heterocycles. The summed E-state index contributed by atoms with van der Waals surface area (Å²) in [5.74, 6) is -0.107. The average molecular weight is 394 g/mol. The highest BCUT2D eigenvalue weighted by Gasteiger charge is 2.33. The molecule has 0 saturated carbocycles. The number of phenols is 1. The smallest absolute Gasteiger partial charge is 0.433 e. The van der Waals surface area contributed by atoms with Crippen LogP contribution in [0.1, 0.15) is 32.9 Å². The monoisotopic (exact) mass is 394 g/mol. The number of alkyl halides is 3. The summed E-state index contributed by atoms with van der Waals surface area (Å²) in [6.45, 7) is 2.15. The first-order valence-electron chi connectivity index (χ1n) is 8.29. The summed E-state index contributed by atoms with van der Waals surface area (Å²) in [7, 11) is 0. The van der Waals surface area contributed by atoms with Crippen LogP contribution in [0.25, 0.3) is 10.2 Å². The van der Waals surface area contributed by atoms with Crippen molar-refractivity contribution in [3.05, 3.63) is 58.1 Å². The predicted molar refractivity (Wildman–Crippen MR) is 98.1 cm³/mol. The number of nitrogens with one attached hydrogen (secondary N) is 1. The number of aromatic hydroxyl groups is 1. The van der Waals surface area contributed by atoms with Gasteiger partial charge in [0.25, 0.3) is 5.91 Å². The van der Waals surface area contributed by atoms with Crippen molar-refractivity contribution in [1.29, 1.82) is 0 Å². The molecule has 0 fully saturated rings. The Morgan fingerprint density at radius 1 is 1.19 bits per heavy atom. The van der Waals surface area contributed by atoms with Gasteiger partial charge in [-0.2, -0.15) is 13.2 Å². The van der Waals surface area contributed by atoms with Gasteiger partial charge in [-0.3, -0.25) is 4.79 Å². The summed E-state index contributed by atoms with van der Waals surface area (Å²) in [6.07, 6.45) is -3.07. The SMILES string of the molecule is Cc1c(C(=O)NCCCc2ccc(O)cc2)sc2nc(C(F)(F)F)ccc12. The quantitative estimate of drug-likeness (QED) is 0.617. The molecule has 142 valence electrons. The minimum atomic E-state index is -4.51. The second-order valence-corrected chi connectivity index (χ2v) is 7.13. The number of aromatic nitrogens is 1. The van der Waals surface area contributed by atoms with Crippen molar-refractivity contribution in [1.82, 2.24) is 10.3 Å². The van der Waals surface area contributed by atoms with Crippen LogP contribution in [-0.2, 0) is 12.6 Å². The second-order valence-electron chi connectivity index (χ2n) is 6.13. The normalized spacial score (nSPS) is 11.7. The molecule has 1 aromatic carbocycles. The van der Waals surface area contributed by atoms with Gasteiger partial charge in [-0.15, -0.1) is 11.3 Å². The maximum absolute atomic E-state index is 12.8. The number of amides is 1. The number of aryl methyl sites for hydroxylation is 2. The molecule has 8 heteroatoms. The Morgan fingerprint density at radius 2 is 1.89 bits per heavy atom. The molecule has 27 heavy (non-hydrogen) atoms. The van der Waals surface area contributed by atoms with E-state index in [-0.39, 0.29) is 16.5 Å². The molecule has 0 aliphatic rings. The first kappa shape index (κ1) is 19.2. The van der Waals surface area contributed by atoms with E-state index in [4.69, 9.17) is 0 Å². The largest absolute Gasteiger partial charge is 0.508 e. The average Bonchev–Trinajstić information content (AvgIpc) is 2.96. The Hall–Kier alpha value is -2.61. The van der Waals surface area contributed by atoms with Crippen molar-refractivity contribution in [2.45, 2.75) is 25.9 Å². The number of nitrogens with zero attached hydrogens (tertiary/aromatic N) is 1. The van der Waals surface area contributed by atoms with Gasteiger partial charge in [0.15, 0.2) is 0 Å². The Labute approximate surface area is 157 Å². The molecular weight excluding hydrogens is 377 g/mol. The van der Waals surface area contributed by atoms with Crippen LogP contribution in [-0.4, -0.2) is 22.5 Å². The lowest BCUT2D eigenvalue weighted by Gasteiger charge is -2.05. The van der Waals surface area contributed by atoms with Crippen LogP contribution < -0.4 is 5.32 Å². The Balaban J connectivity index is 1.64. The molecule has 3 aromatic rings.